The summed E-state index contributed by atoms with van der Waals surface area (Å²) in [6.07, 6.45) is -1.37. The normalized spacial score (nSPS) is 11.3. The molecular weight excluding hydrogens is 410 g/mol. The van der Waals surface area contributed by atoms with Gasteiger partial charge in [-0.25, -0.2) is 4.79 Å². The van der Waals surface area contributed by atoms with Crippen LogP contribution < -0.4 is 10.1 Å². The molecule has 11 nitrogen and oxygen atoms in total. The number of non-ortho nitro benzene ring substituents is 1. The number of carbonyl (C=O) groups is 2. The first-order chi connectivity index (χ1) is 13.6. The van der Waals surface area contributed by atoms with Crippen LogP contribution in [0, 0.1) is 20.2 Å². The first kappa shape index (κ1) is 21.6. The zero-order valence-electron chi connectivity index (χ0n) is 15.1. The van der Waals surface area contributed by atoms with Crippen LogP contribution >= 0.6 is 11.6 Å². The summed E-state index contributed by atoms with van der Waals surface area (Å²) in [4.78, 5) is 45.1. The van der Waals surface area contributed by atoms with E-state index in [1.54, 1.807) is 0 Å². The van der Waals surface area contributed by atoms with Gasteiger partial charge in [-0.15, -0.1) is 0 Å². The first-order valence-electron chi connectivity index (χ1n) is 7.92. The number of benzene rings is 2. The third-order valence-corrected chi connectivity index (χ3v) is 3.92. The van der Waals surface area contributed by atoms with Crippen LogP contribution in [0.2, 0.25) is 5.02 Å². The highest BCUT2D eigenvalue weighted by molar-refractivity contribution is 6.31. The van der Waals surface area contributed by atoms with E-state index in [0.717, 1.165) is 18.2 Å². The number of rotatable bonds is 7. The van der Waals surface area contributed by atoms with E-state index < -0.39 is 33.5 Å². The number of nitro benzene ring substituents is 2. The molecule has 2 rings (SSSR count). The molecule has 0 aliphatic rings. The Balaban J connectivity index is 2.18. The van der Waals surface area contributed by atoms with Crippen LogP contribution in [0.25, 0.3) is 0 Å². The summed E-state index contributed by atoms with van der Waals surface area (Å²) in [5.41, 5.74) is -1.25. The third-order valence-electron chi connectivity index (χ3n) is 3.68. The lowest BCUT2D eigenvalue weighted by atomic mass is 10.2. The molecule has 1 amide bonds. The second-order valence-electron chi connectivity index (χ2n) is 5.60. The van der Waals surface area contributed by atoms with Crippen LogP contribution in [0.5, 0.6) is 5.75 Å². The standard InChI is InChI=1S/C17H14ClN3O8/c1-9(29-17(23)12-5-3-10(18)7-14(12)21(26)27)16(22)19-13-8-11(20(24)25)4-6-15(13)28-2/h3-9H,1-2H3,(H,19,22). The minimum atomic E-state index is -1.37. The van der Waals surface area contributed by atoms with Crippen molar-refractivity contribution in [1.82, 2.24) is 0 Å². The van der Waals surface area contributed by atoms with Gasteiger partial charge in [-0.05, 0) is 25.1 Å². The van der Waals surface area contributed by atoms with Crippen LogP contribution in [0.4, 0.5) is 17.1 Å². The van der Waals surface area contributed by atoms with Gasteiger partial charge in [-0.2, -0.15) is 0 Å². The minimum Gasteiger partial charge on any atom is -0.495 e. The number of nitrogens with one attached hydrogen (secondary N) is 1. The predicted molar refractivity (Wildman–Crippen MR) is 101 cm³/mol. The molecule has 0 aliphatic heterocycles. The quantitative estimate of drug-likeness (QED) is 0.404. The maximum atomic E-state index is 12.3. The van der Waals surface area contributed by atoms with Gasteiger partial charge in [0.1, 0.15) is 11.3 Å². The van der Waals surface area contributed by atoms with E-state index in [2.05, 4.69) is 5.32 Å². The lowest BCUT2D eigenvalue weighted by Crippen LogP contribution is -2.30. The first-order valence-corrected chi connectivity index (χ1v) is 8.30. The van der Waals surface area contributed by atoms with Gasteiger partial charge in [0.2, 0.25) is 0 Å². The Labute approximate surface area is 168 Å². The fourth-order valence-electron chi connectivity index (χ4n) is 2.25. The molecule has 0 saturated carbocycles. The summed E-state index contributed by atoms with van der Waals surface area (Å²) in [5.74, 6) is -1.79. The molecule has 1 unspecified atom stereocenters. The van der Waals surface area contributed by atoms with Gasteiger partial charge >= 0.3 is 5.97 Å². The van der Waals surface area contributed by atoms with Crippen LogP contribution in [0.15, 0.2) is 36.4 Å². The molecule has 12 heteroatoms. The van der Waals surface area contributed by atoms with E-state index >= 15 is 0 Å². The Morgan fingerprint density at radius 1 is 1.10 bits per heavy atom. The molecular formula is C17H14ClN3O8. The topological polar surface area (TPSA) is 151 Å². The fourth-order valence-corrected chi connectivity index (χ4v) is 2.41. The number of methoxy groups -OCH3 is 1. The zero-order valence-corrected chi connectivity index (χ0v) is 15.8. The van der Waals surface area contributed by atoms with Crippen molar-refractivity contribution in [3.05, 3.63) is 67.2 Å². The van der Waals surface area contributed by atoms with Crippen molar-refractivity contribution >= 4 is 40.5 Å². The number of nitro groups is 2. The molecule has 1 N–H and O–H groups in total. The van der Waals surface area contributed by atoms with Crippen molar-refractivity contribution in [2.75, 3.05) is 12.4 Å². The molecule has 0 fully saturated rings. The lowest BCUT2D eigenvalue weighted by Gasteiger charge is -2.15. The summed E-state index contributed by atoms with van der Waals surface area (Å²) in [6.45, 7) is 1.23. The summed E-state index contributed by atoms with van der Waals surface area (Å²) < 4.78 is 10.0. The van der Waals surface area contributed by atoms with Gasteiger partial charge in [0, 0.05) is 23.2 Å². The summed E-state index contributed by atoms with van der Waals surface area (Å²) in [5, 5.41) is 24.4. The van der Waals surface area contributed by atoms with E-state index in [9.17, 15) is 29.8 Å². The van der Waals surface area contributed by atoms with Crippen LogP contribution in [-0.4, -0.2) is 34.9 Å². The van der Waals surface area contributed by atoms with Gasteiger partial charge in [0.25, 0.3) is 17.3 Å². The molecule has 152 valence electrons. The molecule has 0 radical (unpaired) electrons. The molecule has 29 heavy (non-hydrogen) atoms. The summed E-state index contributed by atoms with van der Waals surface area (Å²) >= 11 is 5.70. The number of anilines is 1. The molecule has 2 aromatic carbocycles. The molecule has 0 aromatic heterocycles. The van der Waals surface area contributed by atoms with E-state index in [0.29, 0.717) is 0 Å². The van der Waals surface area contributed by atoms with Gasteiger partial charge < -0.3 is 14.8 Å². The van der Waals surface area contributed by atoms with Crippen molar-refractivity contribution in [2.45, 2.75) is 13.0 Å². The maximum Gasteiger partial charge on any atom is 0.345 e. The van der Waals surface area contributed by atoms with E-state index in [4.69, 9.17) is 21.1 Å². The molecule has 0 saturated heterocycles. The Bertz CT molecular complexity index is 995. The molecule has 2 aromatic rings. The highest BCUT2D eigenvalue weighted by Gasteiger charge is 2.26. The zero-order chi connectivity index (χ0) is 21.7. The van der Waals surface area contributed by atoms with Gasteiger partial charge in [-0.3, -0.25) is 25.0 Å². The number of hydrogen-bond donors (Lipinski definition) is 1. The average Bonchev–Trinajstić information content (AvgIpc) is 2.67. The monoisotopic (exact) mass is 423 g/mol. The van der Waals surface area contributed by atoms with Crippen LogP contribution in [0.1, 0.15) is 17.3 Å². The number of esters is 1. The Kier molecular flexibility index (Phi) is 6.67. The number of halogens is 1. The number of carbonyl (C=O) groups excluding carboxylic acids is 2. The van der Waals surface area contributed by atoms with Crippen molar-refractivity contribution in [2.24, 2.45) is 0 Å². The van der Waals surface area contributed by atoms with Gasteiger partial charge in [0.05, 0.1) is 22.6 Å². The molecule has 0 aliphatic carbocycles. The molecule has 0 bridgehead atoms. The fraction of sp³-hybridized carbons (Fsp3) is 0.176. The average molecular weight is 424 g/mol. The highest BCUT2D eigenvalue weighted by Crippen LogP contribution is 2.29. The van der Waals surface area contributed by atoms with Crippen molar-refractivity contribution in [3.8, 4) is 5.75 Å². The molecule has 0 heterocycles. The van der Waals surface area contributed by atoms with E-state index in [1.807, 2.05) is 0 Å². The SMILES string of the molecule is COc1ccc([N+](=O)[O-])cc1NC(=O)C(C)OC(=O)c1ccc(Cl)cc1[N+](=O)[O-]. The number of amides is 1. The number of ether oxygens (including phenoxy) is 2. The summed E-state index contributed by atoms with van der Waals surface area (Å²) in [7, 11) is 1.31. The second-order valence-corrected chi connectivity index (χ2v) is 6.03. The molecule has 1 atom stereocenters. The van der Waals surface area contributed by atoms with Crippen LogP contribution in [0.3, 0.4) is 0 Å². The Morgan fingerprint density at radius 3 is 2.38 bits per heavy atom. The highest BCUT2D eigenvalue weighted by atomic mass is 35.5. The van der Waals surface area contributed by atoms with Crippen molar-refractivity contribution in [1.29, 1.82) is 0 Å². The maximum absolute atomic E-state index is 12.3. The number of hydrogen-bond acceptors (Lipinski definition) is 8. The van der Waals surface area contributed by atoms with E-state index in [-0.39, 0.29) is 27.7 Å². The van der Waals surface area contributed by atoms with Crippen molar-refractivity contribution in [3.63, 3.8) is 0 Å². The second kappa shape index (κ2) is 8.97. The van der Waals surface area contributed by atoms with E-state index in [1.165, 1.54) is 32.2 Å². The summed E-state index contributed by atoms with van der Waals surface area (Å²) in [6, 6.07) is 6.92. The smallest absolute Gasteiger partial charge is 0.345 e. The van der Waals surface area contributed by atoms with Crippen LogP contribution in [-0.2, 0) is 9.53 Å². The minimum absolute atomic E-state index is 0.00734. The third kappa shape index (κ3) is 5.17. The Morgan fingerprint density at radius 2 is 1.79 bits per heavy atom. The Hall–Kier alpha value is -3.73. The number of nitrogens with zero attached hydrogens (tertiary/aromatic N) is 2. The molecule has 0 spiro atoms. The lowest BCUT2D eigenvalue weighted by molar-refractivity contribution is -0.385. The van der Waals surface area contributed by atoms with Gasteiger partial charge in [-0.1, -0.05) is 11.6 Å². The van der Waals surface area contributed by atoms with Crippen molar-refractivity contribution < 1.29 is 28.9 Å². The predicted octanol–water partition coefficient (Wildman–Crippen LogP) is 3.35. The van der Waals surface area contributed by atoms with Gasteiger partial charge in [0.15, 0.2) is 6.10 Å². The largest absolute Gasteiger partial charge is 0.495 e.